The number of rotatable bonds is 5. The van der Waals surface area contributed by atoms with E-state index in [9.17, 15) is 9.90 Å². The Morgan fingerprint density at radius 2 is 2.17 bits per heavy atom. The molecule has 1 amide bonds. The molecule has 1 fully saturated rings. The van der Waals surface area contributed by atoms with Crippen LogP contribution in [-0.4, -0.2) is 32.4 Å². The summed E-state index contributed by atoms with van der Waals surface area (Å²) in [4.78, 5) is 16.8. The third-order valence-electron chi connectivity index (χ3n) is 4.23. The van der Waals surface area contributed by atoms with E-state index in [1.807, 2.05) is 18.7 Å². The maximum absolute atomic E-state index is 12.3. The fraction of sp³-hybridized carbons (Fsp3) is 0.562. The van der Waals surface area contributed by atoms with Crippen LogP contribution in [0, 0.1) is 13.8 Å². The summed E-state index contributed by atoms with van der Waals surface area (Å²) in [6, 6.07) is 0.149. The summed E-state index contributed by atoms with van der Waals surface area (Å²) in [7, 11) is 0. The number of aryl methyl sites for hydroxylation is 2. The highest BCUT2D eigenvalue weighted by Crippen LogP contribution is 2.35. The molecule has 3 rings (SSSR count). The van der Waals surface area contributed by atoms with Crippen LogP contribution in [-0.2, 0) is 6.61 Å². The molecular weight excluding hydrogens is 346 g/mol. The lowest BCUT2D eigenvalue weighted by molar-refractivity contribution is 0.0916. The first-order valence-electron chi connectivity index (χ1n) is 8.02. The van der Waals surface area contributed by atoms with E-state index in [4.69, 9.17) is 4.52 Å². The molecule has 8 heteroatoms. The summed E-state index contributed by atoms with van der Waals surface area (Å²) in [5.41, 5.74) is 1.74. The van der Waals surface area contributed by atoms with Crippen molar-refractivity contribution in [2.45, 2.75) is 61.8 Å². The molecule has 2 N–H and O–H groups in total. The predicted octanol–water partition coefficient (Wildman–Crippen LogP) is 3.07. The highest BCUT2D eigenvalue weighted by atomic mass is 32.2. The second-order valence-electron chi connectivity index (χ2n) is 6.04. The molecule has 2 heterocycles. The van der Waals surface area contributed by atoms with Gasteiger partial charge < -0.3 is 14.9 Å². The average molecular weight is 367 g/mol. The van der Waals surface area contributed by atoms with Gasteiger partial charge in [0.1, 0.15) is 10.1 Å². The Morgan fingerprint density at radius 3 is 2.79 bits per heavy atom. The van der Waals surface area contributed by atoms with Gasteiger partial charge in [-0.05, 0) is 39.5 Å². The number of hydrogen-bond donors (Lipinski definition) is 2. The zero-order chi connectivity index (χ0) is 17.1. The Hall–Kier alpha value is -1.38. The quantitative estimate of drug-likeness (QED) is 0.844. The second-order valence-corrected chi connectivity index (χ2v) is 8.45. The molecule has 1 saturated carbocycles. The molecule has 0 bridgehead atoms. The second kappa shape index (κ2) is 7.67. The summed E-state index contributed by atoms with van der Waals surface area (Å²) >= 11 is 3.54. The van der Waals surface area contributed by atoms with E-state index in [1.54, 1.807) is 18.3 Å². The number of nitrogens with zero attached hydrogens (tertiary/aromatic N) is 2. The summed E-state index contributed by atoms with van der Waals surface area (Å²) in [6.45, 7) is 3.46. The third kappa shape index (κ3) is 3.99. The number of carbonyl (C=O) groups is 1. The molecule has 24 heavy (non-hydrogen) atoms. The van der Waals surface area contributed by atoms with E-state index in [0.29, 0.717) is 16.6 Å². The molecule has 2 aromatic rings. The largest absolute Gasteiger partial charge is 0.391 e. The van der Waals surface area contributed by atoms with Crippen molar-refractivity contribution in [2.75, 3.05) is 0 Å². The lowest BCUT2D eigenvalue weighted by Gasteiger charge is -2.28. The van der Waals surface area contributed by atoms with Gasteiger partial charge in [0.25, 0.3) is 5.91 Å². The van der Waals surface area contributed by atoms with Crippen molar-refractivity contribution in [3.63, 3.8) is 0 Å². The first kappa shape index (κ1) is 17.4. The maximum Gasteiger partial charge on any atom is 0.274 e. The van der Waals surface area contributed by atoms with E-state index in [1.165, 1.54) is 0 Å². The Morgan fingerprint density at radius 1 is 1.42 bits per heavy atom. The van der Waals surface area contributed by atoms with E-state index in [0.717, 1.165) is 35.7 Å². The Bertz CT molecular complexity index is 705. The fourth-order valence-corrected chi connectivity index (χ4v) is 5.15. The van der Waals surface area contributed by atoms with E-state index in [-0.39, 0.29) is 24.2 Å². The van der Waals surface area contributed by atoms with Crippen LogP contribution >= 0.6 is 23.1 Å². The van der Waals surface area contributed by atoms with Crippen molar-refractivity contribution in [1.29, 1.82) is 0 Å². The standard InChI is InChI=1S/C16H21N3O3S2/c1-9-8-23-16(17-9)24-12-5-3-11(4-6-12)18-15(21)14-13(7-20)10(2)22-19-14/h8,11-12,20H,3-7H2,1-2H3,(H,18,21). The molecule has 130 valence electrons. The predicted molar refractivity (Wildman–Crippen MR) is 93.4 cm³/mol. The molecule has 1 aliphatic carbocycles. The van der Waals surface area contributed by atoms with Crippen LogP contribution in [0.4, 0.5) is 0 Å². The van der Waals surface area contributed by atoms with Crippen LogP contribution in [0.5, 0.6) is 0 Å². The summed E-state index contributed by atoms with van der Waals surface area (Å²) in [5.74, 6) is 0.226. The van der Waals surface area contributed by atoms with Crippen LogP contribution < -0.4 is 5.32 Å². The average Bonchev–Trinajstić information content (AvgIpc) is 3.14. The van der Waals surface area contributed by atoms with Crippen molar-refractivity contribution in [3.8, 4) is 0 Å². The van der Waals surface area contributed by atoms with Crippen molar-refractivity contribution >= 4 is 29.0 Å². The SMILES string of the molecule is Cc1csc(SC2CCC(NC(=O)c3noc(C)c3CO)CC2)n1. The number of hydrogen-bond acceptors (Lipinski definition) is 7. The van der Waals surface area contributed by atoms with Crippen molar-refractivity contribution < 1.29 is 14.4 Å². The minimum atomic E-state index is -0.262. The molecule has 0 saturated heterocycles. The van der Waals surface area contributed by atoms with Gasteiger partial charge in [0.05, 0.1) is 12.2 Å². The Kier molecular flexibility index (Phi) is 5.57. The molecule has 0 spiro atoms. The number of aromatic nitrogens is 2. The molecule has 0 atom stereocenters. The molecule has 0 radical (unpaired) electrons. The van der Waals surface area contributed by atoms with Gasteiger partial charge in [0.2, 0.25) is 0 Å². The maximum atomic E-state index is 12.3. The number of nitrogens with one attached hydrogen (secondary N) is 1. The van der Waals surface area contributed by atoms with Gasteiger partial charge in [0, 0.05) is 22.4 Å². The zero-order valence-electron chi connectivity index (χ0n) is 13.7. The van der Waals surface area contributed by atoms with Gasteiger partial charge in [-0.1, -0.05) is 16.9 Å². The van der Waals surface area contributed by atoms with Crippen molar-refractivity contribution in [1.82, 2.24) is 15.5 Å². The molecular formula is C16H21N3O3S2. The lowest BCUT2D eigenvalue weighted by atomic mass is 9.95. The topological polar surface area (TPSA) is 88.2 Å². The normalized spacial score (nSPS) is 21.0. The summed E-state index contributed by atoms with van der Waals surface area (Å²) in [6.07, 6.45) is 4.00. The van der Waals surface area contributed by atoms with Gasteiger partial charge >= 0.3 is 0 Å². The van der Waals surface area contributed by atoms with E-state index >= 15 is 0 Å². The highest BCUT2D eigenvalue weighted by Gasteiger charge is 2.26. The van der Waals surface area contributed by atoms with Gasteiger partial charge in [-0.2, -0.15) is 0 Å². The van der Waals surface area contributed by atoms with Crippen LogP contribution in [0.3, 0.4) is 0 Å². The monoisotopic (exact) mass is 367 g/mol. The number of amides is 1. The van der Waals surface area contributed by atoms with Gasteiger partial charge in [-0.15, -0.1) is 11.3 Å². The van der Waals surface area contributed by atoms with Gasteiger partial charge in [-0.25, -0.2) is 4.98 Å². The third-order valence-corrected chi connectivity index (χ3v) is 6.66. The molecule has 1 aliphatic rings. The Balaban J connectivity index is 1.50. The van der Waals surface area contributed by atoms with Crippen molar-refractivity contribution in [3.05, 3.63) is 28.1 Å². The van der Waals surface area contributed by atoms with Crippen molar-refractivity contribution in [2.24, 2.45) is 0 Å². The molecule has 2 aromatic heterocycles. The van der Waals surface area contributed by atoms with Crippen LogP contribution in [0.2, 0.25) is 0 Å². The number of carbonyl (C=O) groups excluding carboxylic acids is 1. The number of thiazole rings is 1. The molecule has 0 unspecified atom stereocenters. The number of aliphatic hydroxyl groups excluding tert-OH is 1. The van der Waals surface area contributed by atoms with Crippen LogP contribution in [0.15, 0.2) is 14.2 Å². The lowest BCUT2D eigenvalue weighted by Crippen LogP contribution is -2.38. The van der Waals surface area contributed by atoms with Gasteiger partial charge in [-0.3, -0.25) is 4.79 Å². The first-order valence-corrected chi connectivity index (χ1v) is 9.78. The van der Waals surface area contributed by atoms with Crippen LogP contribution in [0.25, 0.3) is 0 Å². The van der Waals surface area contributed by atoms with Gasteiger partial charge in [0.15, 0.2) is 5.69 Å². The first-order chi connectivity index (χ1) is 11.6. The number of aliphatic hydroxyl groups is 1. The van der Waals surface area contributed by atoms with E-state index in [2.05, 4.69) is 20.8 Å². The molecule has 0 aliphatic heterocycles. The number of thioether (sulfide) groups is 1. The summed E-state index contributed by atoms with van der Waals surface area (Å²) in [5, 5.41) is 18.8. The highest BCUT2D eigenvalue weighted by molar-refractivity contribution is 8.01. The fourth-order valence-electron chi connectivity index (χ4n) is 2.86. The van der Waals surface area contributed by atoms with Crippen LogP contribution in [0.1, 0.15) is 53.2 Å². The smallest absolute Gasteiger partial charge is 0.274 e. The molecule has 6 nitrogen and oxygen atoms in total. The molecule has 0 aromatic carbocycles. The zero-order valence-corrected chi connectivity index (χ0v) is 15.4. The minimum Gasteiger partial charge on any atom is -0.391 e. The van der Waals surface area contributed by atoms with E-state index < -0.39 is 0 Å². The Labute approximate surface area is 149 Å². The minimum absolute atomic E-state index is 0.149. The summed E-state index contributed by atoms with van der Waals surface area (Å²) < 4.78 is 6.13.